The minimum atomic E-state index is -2.56. The van der Waals surface area contributed by atoms with E-state index < -0.39 is 52.0 Å². The van der Waals surface area contributed by atoms with Gasteiger partial charge in [0.05, 0.1) is 5.56 Å². The molecule has 0 saturated heterocycles. The van der Waals surface area contributed by atoms with Gasteiger partial charge in [-0.2, -0.15) is 0 Å². The molecule has 0 fully saturated rings. The number of phenolic OH excluding ortho intramolecular Hbond substituents is 1. The first-order valence-corrected chi connectivity index (χ1v) is 11.6. The van der Waals surface area contributed by atoms with E-state index in [-0.39, 0.29) is 41.6 Å². The largest absolute Gasteiger partial charge is 0.511 e. The van der Waals surface area contributed by atoms with E-state index in [9.17, 15) is 34.8 Å². The molecule has 188 valence electrons. The molecular formula is C26H32N2O7. The minimum absolute atomic E-state index is 0.0482. The highest BCUT2D eigenvalue weighted by Crippen LogP contribution is 2.53. The SMILES string of the molecule is CN(C)c1cc(CC(C)(C)C)c(O)c2c1C[C@H]1C[C@H]3CC(O)=C(C(N)=O)C(=O)[C@@]3(O)C(O)=C1C2=O. The monoisotopic (exact) mass is 484 g/mol. The third-order valence-electron chi connectivity index (χ3n) is 7.32. The number of aromatic hydroxyl groups is 1. The summed E-state index contributed by atoms with van der Waals surface area (Å²) in [6.45, 7) is 6.04. The number of hydrogen-bond donors (Lipinski definition) is 5. The fourth-order valence-corrected chi connectivity index (χ4v) is 5.83. The Labute approximate surface area is 203 Å². The zero-order valence-electron chi connectivity index (χ0n) is 20.6. The van der Waals surface area contributed by atoms with Crippen LogP contribution in [-0.4, -0.2) is 57.6 Å². The van der Waals surface area contributed by atoms with Crippen molar-refractivity contribution in [1.82, 2.24) is 0 Å². The van der Waals surface area contributed by atoms with Gasteiger partial charge in [0.2, 0.25) is 5.78 Å². The molecule has 0 aliphatic heterocycles. The van der Waals surface area contributed by atoms with Crippen LogP contribution in [0.3, 0.4) is 0 Å². The molecule has 9 nitrogen and oxygen atoms in total. The van der Waals surface area contributed by atoms with Gasteiger partial charge in [-0.05, 0) is 47.8 Å². The first-order valence-electron chi connectivity index (χ1n) is 11.6. The molecule has 1 aromatic carbocycles. The van der Waals surface area contributed by atoms with Crippen molar-refractivity contribution < 1.29 is 34.8 Å². The van der Waals surface area contributed by atoms with Crippen LogP contribution in [0.5, 0.6) is 5.75 Å². The number of Topliss-reactive ketones (excluding diaryl/α,β-unsaturated/α-hetero) is 2. The van der Waals surface area contributed by atoms with Crippen molar-refractivity contribution in [3.8, 4) is 5.75 Å². The maximum Gasteiger partial charge on any atom is 0.255 e. The predicted octanol–water partition coefficient (Wildman–Crippen LogP) is 2.24. The van der Waals surface area contributed by atoms with Crippen molar-refractivity contribution in [2.45, 2.75) is 52.1 Å². The second kappa shape index (κ2) is 7.84. The number of rotatable bonds is 3. The van der Waals surface area contributed by atoms with Crippen LogP contribution in [0.1, 0.15) is 55.1 Å². The molecule has 4 rings (SSSR count). The van der Waals surface area contributed by atoms with E-state index in [0.29, 0.717) is 17.5 Å². The number of anilines is 1. The number of phenols is 1. The Hall–Kier alpha value is -3.33. The average molecular weight is 485 g/mol. The molecule has 0 unspecified atom stereocenters. The second-order valence-corrected chi connectivity index (χ2v) is 11.3. The summed E-state index contributed by atoms with van der Waals surface area (Å²) in [6, 6.07) is 1.87. The van der Waals surface area contributed by atoms with Gasteiger partial charge in [0.1, 0.15) is 22.8 Å². The number of benzene rings is 1. The lowest BCUT2D eigenvalue weighted by molar-refractivity contribution is -0.144. The van der Waals surface area contributed by atoms with Crippen LogP contribution in [0, 0.1) is 17.3 Å². The Balaban J connectivity index is 1.93. The number of aliphatic hydroxyl groups excluding tert-OH is 2. The van der Waals surface area contributed by atoms with Gasteiger partial charge in [-0.1, -0.05) is 20.8 Å². The van der Waals surface area contributed by atoms with Crippen LogP contribution in [-0.2, 0) is 22.4 Å². The Morgan fingerprint density at radius 2 is 1.80 bits per heavy atom. The zero-order chi connectivity index (χ0) is 26.2. The predicted molar refractivity (Wildman–Crippen MR) is 128 cm³/mol. The number of nitrogens with zero attached hydrogens (tertiary/aromatic N) is 1. The number of carbonyl (C=O) groups is 3. The Morgan fingerprint density at radius 1 is 1.17 bits per heavy atom. The molecule has 9 heteroatoms. The second-order valence-electron chi connectivity index (χ2n) is 11.3. The molecule has 0 heterocycles. The molecule has 3 atom stereocenters. The summed E-state index contributed by atoms with van der Waals surface area (Å²) in [5.41, 5.74) is 3.60. The van der Waals surface area contributed by atoms with Crippen LogP contribution in [0.15, 0.2) is 28.7 Å². The summed E-state index contributed by atoms with van der Waals surface area (Å²) in [7, 11) is 3.68. The lowest BCUT2D eigenvalue weighted by atomic mass is 9.60. The number of fused-ring (bicyclic) bond motifs is 3. The van der Waals surface area contributed by atoms with E-state index in [1.807, 2.05) is 45.8 Å². The maximum atomic E-state index is 13.8. The molecule has 3 aliphatic carbocycles. The summed E-state index contributed by atoms with van der Waals surface area (Å²) in [6.07, 6.45) is 0.641. The molecule has 35 heavy (non-hydrogen) atoms. The Kier molecular flexibility index (Phi) is 5.55. The Bertz CT molecular complexity index is 1240. The highest BCUT2D eigenvalue weighted by Gasteiger charge is 2.59. The van der Waals surface area contributed by atoms with Gasteiger partial charge in [0, 0.05) is 37.7 Å². The van der Waals surface area contributed by atoms with Crippen molar-refractivity contribution in [2.75, 3.05) is 19.0 Å². The van der Waals surface area contributed by atoms with Crippen LogP contribution in [0.25, 0.3) is 0 Å². The van der Waals surface area contributed by atoms with Crippen LogP contribution < -0.4 is 10.6 Å². The molecule has 0 radical (unpaired) electrons. The lowest BCUT2D eigenvalue weighted by Gasteiger charge is -2.46. The molecule has 6 N–H and O–H groups in total. The summed E-state index contributed by atoms with van der Waals surface area (Å²) in [4.78, 5) is 40.5. The van der Waals surface area contributed by atoms with E-state index in [0.717, 1.165) is 5.69 Å². The van der Waals surface area contributed by atoms with Gasteiger partial charge in [0.25, 0.3) is 5.91 Å². The minimum Gasteiger partial charge on any atom is -0.511 e. The fraction of sp³-hybridized carbons (Fsp3) is 0.500. The number of nitrogens with two attached hydrogens (primary N) is 1. The summed E-state index contributed by atoms with van der Waals surface area (Å²) >= 11 is 0. The smallest absolute Gasteiger partial charge is 0.255 e. The van der Waals surface area contributed by atoms with E-state index in [1.54, 1.807) is 0 Å². The number of hydrogen-bond acceptors (Lipinski definition) is 8. The molecule has 0 spiro atoms. The summed E-state index contributed by atoms with van der Waals surface area (Å²) in [5, 5.41) is 44.0. The Morgan fingerprint density at radius 3 is 2.34 bits per heavy atom. The van der Waals surface area contributed by atoms with Gasteiger partial charge in [-0.3, -0.25) is 14.4 Å². The van der Waals surface area contributed by atoms with E-state index >= 15 is 0 Å². The van der Waals surface area contributed by atoms with E-state index in [1.165, 1.54) is 0 Å². The standard InChI is InChI=1S/C26H32N2O7/c1-25(2,3)10-12-8-15(28(4)5)14-7-11-6-13-9-16(29)19(24(27)34)23(33)26(13,35)22(32)17(11)21(31)18(14)20(12)30/h8,11,13,29-30,32,35H,6-7,9-10H2,1-5H3,(H2,27,34)/t11-,13+,26+/m1/s1. The number of aliphatic hydroxyl groups is 3. The van der Waals surface area contributed by atoms with Crippen LogP contribution in [0.2, 0.25) is 0 Å². The molecule has 0 aromatic heterocycles. The summed E-state index contributed by atoms with van der Waals surface area (Å²) in [5.74, 6) is -6.15. The van der Waals surface area contributed by atoms with Gasteiger partial charge in [0.15, 0.2) is 11.4 Å². The molecular weight excluding hydrogens is 452 g/mol. The van der Waals surface area contributed by atoms with Crippen molar-refractivity contribution in [3.05, 3.63) is 45.4 Å². The summed E-state index contributed by atoms with van der Waals surface area (Å²) < 4.78 is 0. The van der Waals surface area contributed by atoms with Gasteiger partial charge in [-0.25, -0.2) is 0 Å². The van der Waals surface area contributed by atoms with E-state index in [2.05, 4.69) is 0 Å². The lowest BCUT2D eigenvalue weighted by Crippen LogP contribution is -2.57. The first-order chi connectivity index (χ1) is 16.1. The number of amides is 1. The molecule has 1 aromatic rings. The zero-order valence-corrected chi connectivity index (χ0v) is 20.6. The quantitative estimate of drug-likeness (QED) is 0.408. The molecule has 1 amide bonds. The topological polar surface area (TPSA) is 161 Å². The third-order valence-corrected chi connectivity index (χ3v) is 7.32. The van der Waals surface area contributed by atoms with Gasteiger partial charge in [-0.15, -0.1) is 0 Å². The van der Waals surface area contributed by atoms with Crippen molar-refractivity contribution >= 4 is 23.2 Å². The number of carbonyl (C=O) groups excluding carboxylic acids is 3. The number of ketones is 2. The van der Waals surface area contributed by atoms with E-state index in [4.69, 9.17) is 5.73 Å². The highest BCUT2D eigenvalue weighted by atomic mass is 16.3. The van der Waals surface area contributed by atoms with Crippen LogP contribution in [0.4, 0.5) is 5.69 Å². The fourth-order valence-electron chi connectivity index (χ4n) is 5.83. The third kappa shape index (κ3) is 3.60. The first kappa shape index (κ1) is 24.8. The maximum absolute atomic E-state index is 13.8. The van der Waals surface area contributed by atoms with Crippen LogP contribution >= 0.6 is 0 Å². The molecule has 3 aliphatic rings. The van der Waals surface area contributed by atoms with Crippen molar-refractivity contribution in [1.29, 1.82) is 0 Å². The number of primary amides is 1. The molecule has 0 bridgehead atoms. The normalized spacial score (nSPS) is 26.3. The average Bonchev–Trinajstić information content (AvgIpc) is 2.71. The van der Waals surface area contributed by atoms with Crippen molar-refractivity contribution in [2.24, 2.45) is 23.0 Å². The van der Waals surface area contributed by atoms with Gasteiger partial charge >= 0.3 is 0 Å². The van der Waals surface area contributed by atoms with Gasteiger partial charge < -0.3 is 31.1 Å². The van der Waals surface area contributed by atoms with Crippen molar-refractivity contribution in [3.63, 3.8) is 0 Å². The number of allylic oxidation sites excluding steroid dienone is 2. The molecule has 0 saturated carbocycles. The highest BCUT2D eigenvalue weighted by molar-refractivity contribution is 6.24.